The molecule has 162 valence electrons. The number of halogens is 1. The predicted molar refractivity (Wildman–Crippen MR) is 125 cm³/mol. The zero-order valence-corrected chi connectivity index (χ0v) is 18.2. The van der Waals surface area contributed by atoms with Crippen molar-refractivity contribution in [2.24, 2.45) is 4.99 Å². The second kappa shape index (κ2) is 8.38. The average Bonchev–Trinajstić information content (AvgIpc) is 3.29. The zero-order chi connectivity index (χ0) is 21.3. The molecule has 1 spiro atoms. The number of rotatable bonds is 2. The Morgan fingerprint density at radius 2 is 2.03 bits per heavy atom. The number of piperidine rings is 1. The molecule has 3 N–H and O–H groups in total. The van der Waals surface area contributed by atoms with Gasteiger partial charge in [0.05, 0.1) is 29.0 Å². The fourth-order valence-electron chi connectivity index (χ4n) is 4.81. The Balaban J connectivity index is 1.42. The van der Waals surface area contributed by atoms with Crippen molar-refractivity contribution >= 4 is 40.7 Å². The highest BCUT2D eigenvalue weighted by molar-refractivity contribution is 6.33. The molecule has 1 aromatic carbocycles. The third kappa shape index (κ3) is 4.06. The number of amides is 2. The molecule has 1 saturated carbocycles. The van der Waals surface area contributed by atoms with E-state index >= 15 is 0 Å². The highest BCUT2D eigenvalue weighted by Gasteiger charge is 2.45. The Morgan fingerprint density at radius 3 is 2.87 bits per heavy atom. The third-order valence-corrected chi connectivity index (χ3v) is 6.73. The van der Waals surface area contributed by atoms with E-state index in [9.17, 15) is 4.79 Å². The van der Waals surface area contributed by atoms with Crippen molar-refractivity contribution in [1.29, 1.82) is 0 Å². The van der Waals surface area contributed by atoms with Gasteiger partial charge < -0.3 is 20.9 Å². The van der Waals surface area contributed by atoms with Gasteiger partial charge in [-0.25, -0.2) is 9.78 Å². The summed E-state index contributed by atoms with van der Waals surface area (Å²) < 4.78 is 0. The molecule has 8 heteroatoms. The fraction of sp³-hybridized carbons (Fsp3) is 0.435. The minimum Gasteiger partial charge on any atom is -0.368 e. The number of likely N-dealkylation sites (tertiary alicyclic amines) is 1. The summed E-state index contributed by atoms with van der Waals surface area (Å²) in [5.74, 6) is 1.70. The molecule has 2 aliphatic heterocycles. The van der Waals surface area contributed by atoms with Gasteiger partial charge in [0, 0.05) is 12.7 Å². The molecule has 7 nitrogen and oxygen atoms in total. The Bertz CT molecular complexity index is 1010. The van der Waals surface area contributed by atoms with Crippen LogP contribution >= 0.6 is 11.6 Å². The molecule has 1 aromatic heterocycles. The lowest BCUT2D eigenvalue weighted by atomic mass is 9.85. The minimum absolute atomic E-state index is 0.147. The molecule has 1 saturated heterocycles. The van der Waals surface area contributed by atoms with Crippen LogP contribution in [-0.4, -0.2) is 46.4 Å². The van der Waals surface area contributed by atoms with Gasteiger partial charge in [0.25, 0.3) is 0 Å². The van der Waals surface area contributed by atoms with E-state index in [4.69, 9.17) is 16.6 Å². The van der Waals surface area contributed by atoms with Crippen LogP contribution in [0.1, 0.15) is 38.5 Å². The molecule has 5 rings (SSSR count). The highest BCUT2D eigenvalue weighted by atomic mass is 35.5. The SMILES string of the molecule is O=C(Nc1ccccc1Cl)N1CCC[C@@]2(C1)Nc1cccnc1NC2=NC1CCCC1. The summed E-state index contributed by atoms with van der Waals surface area (Å²) in [6.07, 6.45) is 8.24. The second-order valence-corrected chi connectivity index (χ2v) is 8.99. The van der Waals surface area contributed by atoms with Crippen molar-refractivity contribution in [1.82, 2.24) is 9.88 Å². The van der Waals surface area contributed by atoms with E-state index in [1.54, 1.807) is 12.3 Å². The molecule has 1 aliphatic carbocycles. The van der Waals surface area contributed by atoms with Crippen molar-refractivity contribution in [3.05, 3.63) is 47.6 Å². The first-order chi connectivity index (χ1) is 15.1. The number of urea groups is 1. The number of carbonyl (C=O) groups is 1. The number of benzene rings is 1. The summed E-state index contributed by atoms with van der Waals surface area (Å²) in [6.45, 7) is 1.21. The number of nitrogens with zero attached hydrogens (tertiary/aromatic N) is 3. The molecule has 3 aliphatic rings. The van der Waals surface area contributed by atoms with Crippen LogP contribution in [0.15, 0.2) is 47.6 Å². The molecular formula is C23H27ClN6O. The van der Waals surface area contributed by atoms with Gasteiger partial charge in [-0.15, -0.1) is 0 Å². The quantitative estimate of drug-likeness (QED) is 0.617. The Labute approximate surface area is 187 Å². The summed E-state index contributed by atoms with van der Waals surface area (Å²) in [4.78, 5) is 24.6. The maximum Gasteiger partial charge on any atom is 0.321 e. The van der Waals surface area contributed by atoms with Crippen LogP contribution in [0.4, 0.5) is 22.0 Å². The largest absolute Gasteiger partial charge is 0.368 e. The number of para-hydroxylation sites is 1. The monoisotopic (exact) mass is 438 g/mol. The number of hydrogen-bond acceptors (Lipinski definition) is 4. The van der Waals surface area contributed by atoms with Crippen molar-refractivity contribution in [2.75, 3.05) is 29.0 Å². The first-order valence-electron chi connectivity index (χ1n) is 11.0. The number of nitrogens with one attached hydrogen (secondary N) is 3. The highest BCUT2D eigenvalue weighted by Crippen LogP contribution is 2.36. The van der Waals surface area contributed by atoms with Crippen LogP contribution < -0.4 is 16.0 Å². The number of carbonyl (C=O) groups excluding carboxylic acids is 1. The Kier molecular flexibility index (Phi) is 5.44. The van der Waals surface area contributed by atoms with Crippen LogP contribution in [-0.2, 0) is 0 Å². The normalized spacial score (nSPS) is 24.5. The Hall–Kier alpha value is -2.80. The zero-order valence-electron chi connectivity index (χ0n) is 17.4. The number of anilines is 3. The van der Waals surface area contributed by atoms with E-state index in [1.165, 1.54) is 12.8 Å². The topological polar surface area (TPSA) is 81.7 Å². The van der Waals surface area contributed by atoms with Gasteiger partial charge in [-0.3, -0.25) is 4.99 Å². The number of fused-ring (bicyclic) bond motifs is 1. The number of aromatic nitrogens is 1. The lowest BCUT2D eigenvalue weighted by Gasteiger charge is -2.47. The van der Waals surface area contributed by atoms with Crippen LogP contribution in [0.5, 0.6) is 0 Å². The number of hydrogen-bond donors (Lipinski definition) is 3. The van der Waals surface area contributed by atoms with Gasteiger partial charge >= 0.3 is 6.03 Å². The molecule has 0 unspecified atom stereocenters. The minimum atomic E-state index is -0.450. The maximum absolute atomic E-state index is 13.1. The van der Waals surface area contributed by atoms with Gasteiger partial charge in [-0.1, -0.05) is 36.6 Å². The lowest BCUT2D eigenvalue weighted by molar-refractivity contribution is 0.187. The van der Waals surface area contributed by atoms with E-state index < -0.39 is 5.54 Å². The van der Waals surface area contributed by atoms with Gasteiger partial charge in [-0.05, 0) is 49.9 Å². The summed E-state index contributed by atoms with van der Waals surface area (Å²) in [5.41, 5.74) is 1.12. The van der Waals surface area contributed by atoms with Crippen molar-refractivity contribution in [3.8, 4) is 0 Å². The second-order valence-electron chi connectivity index (χ2n) is 8.58. The summed E-state index contributed by atoms with van der Waals surface area (Å²) in [6, 6.07) is 11.4. The van der Waals surface area contributed by atoms with Crippen molar-refractivity contribution in [3.63, 3.8) is 0 Å². The summed E-state index contributed by atoms with van der Waals surface area (Å²) in [5, 5.41) is 10.7. The Morgan fingerprint density at radius 1 is 1.19 bits per heavy atom. The predicted octanol–water partition coefficient (Wildman–Crippen LogP) is 4.98. The number of amidine groups is 1. The van der Waals surface area contributed by atoms with Crippen LogP contribution in [0, 0.1) is 0 Å². The molecule has 3 heterocycles. The molecule has 1 atom stereocenters. The first kappa shape index (κ1) is 20.1. The van der Waals surface area contributed by atoms with E-state index in [-0.39, 0.29) is 6.03 Å². The van der Waals surface area contributed by atoms with Crippen molar-refractivity contribution in [2.45, 2.75) is 50.1 Å². The van der Waals surface area contributed by atoms with E-state index in [0.717, 1.165) is 43.0 Å². The molecule has 2 fully saturated rings. The van der Waals surface area contributed by atoms with Crippen LogP contribution in [0.3, 0.4) is 0 Å². The lowest BCUT2D eigenvalue weighted by Crippen LogP contribution is -2.63. The van der Waals surface area contributed by atoms with Crippen LogP contribution in [0.25, 0.3) is 0 Å². The fourth-order valence-corrected chi connectivity index (χ4v) is 4.99. The molecular weight excluding hydrogens is 412 g/mol. The van der Waals surface area contributed by atoms with Gasteiger partial charge in [0.15, 0.2) is 5.82 Å². The van der Waals surface area contributed by atoms with E-state index in [0.29, 0.717) is 29.8 Å². The molecule has 2 amide bonds. The first-order valence-corrected chi connectivity index (χ1v) is 11.4. The standard InChI is InChI=1S/C23H27ClN6O/c24-17-9-3-4-10-18(17)27-22(31)30-14-6-12-23(15-30)21(26-16-7-1-2-8-16)28-20-19(29-23)11-5-13-25-20/h3-5,9-11,13,16,29H,1-2,6-8,12,14-15H2,(H,27,31)(H,25,26,28)/t23-/m0/s1. The van der Waals surface area contributed by atoms with Crippen LogP contribution in [0.2, 0.25) is 5.02 Å². The molecule has 31 heavy (non-hydrogen) atoms. The molecule has 2 aromatic rings. The summed E-state index contributed by atoms with van der Waals surface area (Å²) >= 11 is 6.24. The van der Waals surface area contributed by atoms with Crippen molar-refractivity contribution < 1.29 is 4.79 Å². The molecule has 0 radical (unpaired) electrons. The number of aliphatic imine (C=N–C) groups is 1. The molecule has 0 bridgehead atoms. The van der Waals surface area contributed by atoms with Gasteiger partial charge in [0.2, 0.25) is 0 Å². The average molecular weight is 439 g/mol. The van der Waals surface area contributed by atoms with E-state index in [2.05, 4.69) is 20.9 Å². The van der Waals surface area contributed by atoms with Gasteiger partial charge in [0.1, 0.15) is 11.4 Å². The third-order valence-electron chi connectivity index (χ3n) is 6.40. The van der Waals surface area contributed by atoms with Gasteiger partial charge in [-0.2, -0.15) is 0 Å². The summed E-state index contributed by atoms with van der Waals surface area (Å²) in [7, 11) is 0. The van der Waals surface area contributed by atoms with E-state index in [1.807, 2.05) is 35.2 Å². The maximum atomic E-state index is 13.1. The number of pyridine rings is 1. The smallest absolute Gasteiger partial charge is 0.321 e.